The zero-order valence-electron chi connectivity index (χ0n) is 22.3. The fourth-order valence-corrected chi connectivity index (χ4v) is 5.66. The Kier molecular flexibility index (Phi) is 10.2. The van der Waals surface area contributed by atoms with Crippen LogP contribution in [0, 0.1) is 0 Å². The highest BCUT2D eigenvalue weighted by Gasteiger charge is 2.33. The van der Waals surface area contributed by atoms with E-state index in [-0.39, 0.29) is 23.1 Å². The van der Waals surface area contributed by atoms with E-state index in [0.29, 0.717) is 22.9 Å². The number of nitrogens with zero attached hydrogens (tertiary/aromatic N) is 2. The lowest BCUT2D eigenvalue weighted by Gasteiger charge is -2.33. The maximum atomic E-state index is 13.9. The maximum Gasteiger partial charge on any atom is 0.264 e. The Morgan fingerprint density at radius 2 is 1.59 bits per heavy atom. The minimum absolute atomic E-state index is 0.0839. The molecule has 0 bridgehead atoms. The van der Waals surface area contributed by atoms with Gasteiger partial charge in [0.2, 0.25) is 11.8 Å². The first-order valence-electron chi connectivity index (χ1n) is 12.2. The van der Waals surface area contributed by atoms with Crippen LogP contribution >= 0.6 is 11.6 Å². The van der Waals surface area contributed by atoms with Gasteiger partial charge in [-0.1, -0.05) is 48.9 Å². The Balaban J connectivity index is 2.06. The summed E-state index contributed by atoms with van der Waals surface area (Å²) in [5.74, 6) is -0.306. The van der Waals surface area contributed by atoms with E-state index in [1.807, 2.05) is 0 Å². The molecular weight excluding hydrogens is 542 g/mol. The molecule has 1 atom stereocenters. The lowest BCUT2D eigenvalue weighted by Crippen LogP contribution is -2.51. The summed E-state index contributed by atoms with van der Waals surface area (Å²) in [6.45, 7) is 1.33. The molecule has 0 fully saturated rings. The number of nitrogens with one attached hydrogen (secondary N) is 1. The van der Waals surface area contributed by atoms with Gasteiger partial charge in [0.25, 0.3) is 10.0 Å². The molecule has 0 radical (unpaired) electrons. The fourth-order valence-electron chi connectivity index (χ4n) is 4.10. The molecule has 0 saturated carbocycles. The third kappa shape index (κ3) is 7.01. The summed E-state index contributed by atoms with van der Waals surface area (Å²) in [6, 6.07) is 18.6. The molecule has 1 unspecified atom stereocenters. The summed E-state index contributed by atoms with van der Waals surface area (Å²) in [5, 5.41) is 3.13. The van der Waals surface area contributed by atoms with Crippen molar-refractivity contribution in [3.8, 4) is 11.5 Å². The van der Waals surface area contributed by atoms with Gasteiger partial charge in [-0.15, -0.1) is 0 Å². The van der Waals surface area contributed by atoms with Gasteiger partial charge < -0.3 is 19.7 Å². The standard InChI is InChI=1S/C28H32ClN3O6S/c1-5-24(28(34)30-2)31(18-20-11-13-21(29)14-12-20)27(33)19-32(22-9-7-6-8-10-22)39(35,36)23-15-16-25(37-3)26(17-23)38-4/h6-17,24H,5,18-19H2,1-4H3,(H,30,34). The molecule has 9 nitrogen and oxygen atoms in total. The van der Waals surface area contributed by atoms with Crippen molar-refractivity contribution in [2.24, 2.45) is 0 Å². The summed E-state index contributed by atoms with van der Waals surface area (Å²) in [5.41, 5.74) is 1.03. The molecule has 0 aromatic heterocycles. The Labute approximate surface area is 234 Å². The quantitative estimate of drug-likeness (QED) is 0.350. The molecule has 3 aromatic carbocycles. The number of halogens is 1. The van der Waals surface area contributed by atoms with Gasteiger partial charge in [0.15, 0.2) is 11.5 Å². The van der Waals surface area contributed by atoms with Crippen LogP contribution in [0.2, 0.25) is 5.02 Å². The normalized spacial score (nSPS) is 11.8. The molecule has 0 aliphatic rings. The monoisotopic (exact) mass is 573 g/mol. The van der Waals surface area contributed by atoms with E-state index in [2.05, 4.69) is 5.32 Å². The van der Waals surface area contributed by atoms with Crippen LogP contribution in [0.25, 0.3) is 0 Å². The molecule has 0 saturated heterocycles. The number of hydrogen-bond donors (Lipinski definition) is 1. The number of para-hydroxylation sites is 1. The third-order valence-corrected chi connectivity index (χ3v) is 8.19. The van der Waals surface area contributed by atoms with E-state index in [1.165, 1.54) is 44.4 Å². The molecule has 11 heteroatoms. The first kappa shape index (κ1) is 29.8. The molecule has 0 spiro atoms. The van der Waals surface area contributed by atoms with Crippen LogP contribution in [0.3, 0.4) is 0 Å². The van der Waals surface area contributed by atoms with Gasteiger partial charge in [-0.3, -0.25) is 13.9 Å². The first-order chi connectivity index (χ1) is 18.7. The van der Waals surface area contributed by atoms with Crippen LogP contribution in [0.5, 0.6) is 11.5 Å². The SMILES string of the molecule is CCC(C(=O)NC)N(Cc1ccc(Cl)cc1)C(=O)CN(c1ccccc1)S(=O)(=O)c1ccc(OC)c(OC)c1. The maximum absolute atomic E-state index is 13.9. The largest absolute Gasteiger partial charge is 0.493 e. The molecular formula is C28H32ClN3O6S. The highest BCUT2D eigenvalue weighted by molar-refractivity contribution is 7.92. The number of amides is 2. The van der Waals surface area contributed by atoms with E-state index in [4.69, 9.17) is 21.1 Å². The Morgan fingerprint density at radius 1 is 0.949 bits per heavy atom. The van der Waals surface area contributed by atoms with Crippen molar-refractivity contribution in [2.45, 2.75) is 30.8 Å². The van der Waals surface area contributed by atoms with Gasteiger partial charge in [0.05, 0.1) is 24.8 Å². The van der Waals surface area contributed by atoms with Crippen molar-refractivity contribution in [3.05, 3.63) is 83.4 Å². The lowest BCUT2D eigenvalue weighted by atomic mass is 10.1. The molecule has 39 heavy (non-hydrogen) atoms. The summed E-state index contributed by atoms with van der Waals surface area (Å²) in [4.78, 5) is 28.0. The van der Waals surface area contributed by atoms with Crippen LogP contribution in [-0.4, -0.2) is 59.0 Å². The summed E-state index contributed by atoms with van der Waals surface area (Å²) >= 11 is 6.02. The Bertz CT molecular complexity index is 1380. The number of anilines is 1. The second-order valence-electron chi connectivity index (χ2n) is 8.55. The number of likely N-dealkylation sites (N-methyl/N-ethyl adjacent to an activating group) is 1. The number of ether oxygens (including phenoxy) is 2. The van der Waals surface area contributed by atoms with Gasteiger partial charge in [-0.2, -0.15) is 0 Å². The molecule has 208 valence electrons. The third-order valence-electron chi connectivity index (χ3n) is 6.16. The fraction of sp³-hybridized carbons (Fsp3) is 0.286. The second-order valence-corrected chi connectivity index (χ2v) is 10.8. The number of benzene rings is 3. The van der Waals surface area contributed by atoms with Crippen molar-refractivity contribution in [3.63, 3.8) is 0 Å². The number of hydrogen-bond acceptors (Lipinski definition) is 6. The molecule has 1 N–H and O–H groups in total. The van der Waals surface area contributed by atoms with Crippen molar-refractivity contribution in [2.75, 3.05) is 32.1 Å². The zero-order chi connectivity index (χ0) is 28.6. The molecule has 2 amide bonds. The average molecular weight is 574 g/mol. The first-order valence-corrected chi connectivity index (χ1v) is 14.0. The van der Waals surface area contributed by atoms with Crippen LogP contribution in [0.1, 0.15) is 18.9 Å². The Morgan fingerprint density at radius 3 is 2.15 bits per heavy atom. The van der Waals surface area contributed by atoms with Gasteiger partial charge >= 0.3 is 0 Å². The molecule has 0 aliphatic carbocycles. The smallest absolute Gasteiger partial charge is 0.264 e. The van der Waals surface area contributed by atoms with Gasteiger partial charge in [-0.05, 0) is 48.4 Å². The van der Waals surface area contributed by atoms with E-state index < -0.39 is 28.5 Å². The van der Waals surface area contributed by atoms with E-state index in [0.717, 1.165) is 9.87 Å². The Hall–Kier alpha value is -3.76. The predicted molar refractivity (Wildman–Crippen MR) is 151 cm³/mol. The zero-order valence-corrected chi connectivity index (χ0v) is 23.8. The van der Waals surface area contributed by atoms with Gasteiger partial charge in [-0.25, -0.2) is 8.42 Å². The van der Waals surface area contributed by atoms with E-state index in [9.17, 15) is 18.0 Å². The van der Waals surface area contributed by atoms with Crippen molar-refractivity contribution >= 4 is 39.1 Å². The highest BCUT2D eigenvalue weighted by atomic mass is 35.5. The summed E-state index contributed by atoms with van der Waals surface area (Å²) < 4.78 is 39.5. The highest BCUT2D eigenvalue weighted by Crippen LogP contribution is 2.32. The predicted octanol–water partition coefficient (Wildman–Crippen LogP) is 4.11. The molecule has 3 aromatic rings. The summed E-state index contributed by atoms with van der Waals surface area (Å²) in [6.07, 6.45) is 0.326. The number of sulfonamides is 1. The number of carbonyl (C=O) groups is 2. The van der Waals surface area contributed by atoms with Crippen LogP contribution in [-0.2, 0) is 26.2 Å². The number of carbonyl (C=O) groups excluding carboxylic acids is 2. The van der Waals surface area contributed by atoms with Crippen molar-refractivity contribution < 1.29 is 27.5 Å². The van der Waals surface area contributed by atoms with E-state index in [1.54, 1.807) is 61.5 Å². The van der Waals surface area contributed by atoms with E-state index >= 15 is 0 Å². The van der Waals surface area contributed by atoms with Crippen LogP contribution in [0.15, 0.2) is 77.7 Å². The average Bonchev–Trinajstić information content (AvgIpc) is 2.96. The number of rotatable bonds is 12. The van der Waals surface area contributed by atoms with Crippen molar-refractivity contribution in [1.82, 2.24) is 10.2 Å². The second kappa shape index (κ2) is 13.3. The topological polar surface area (TPSA) is 105 Å². The molecule has 0 aliphatic heterocycles. The minimum Gasteiger partial charge on any atom is -0.493 e. The van der Waals surface area contributed by atoms with Gasteiger partial charge in [0, 0.05) is 24.7 Å². The lowest BCUT2D eigenvalue weighted by molar-refractivity contribution is -0.140. The van der Waals surface area contributed by atoms with Gasteiger partial charge in [0.1, 0.15) is 12.6 Å². The van der Waals surface area contributed by atoms with Crippen LogP contribution < -0.4 is 19.1 Å². The number of methoxy groups -OCH3 is 2. The van der Waals surface area contributed by atoms with Crippen LogP contribution in [0.4, 0.5) is 5.69 Å². The molecule has 3 rings (SSSR count). The summed E-state index contributed by atoms with van der Waals surface area (Å²) in [7, 11) is 0.108. The minimum atomic E-state index is -4.24. The van der Waals surface area contributed by atoms with Crippen molar-refractivity contribution in [1.29, 1.82) is 0 Å². The molecule has 0 heterocycles.